The van der Waals surface area contributed by atoms with Gasteiger partial charge in [0, 0.05) is 6.07 Å². The molecule has 0 saturated carbocycles. The minimum atomic E-state index is -4.14. The van der Waals surface area contributed by atoms with Crippen molar-refractivity contribution >= 4 is 27.8 Å². The van der Waals surface area contributed by atoms with E-state index < -0.39 is 22.5 Å². The second kappa shape index (κ2) is 12.4. The van der Waals surface area contributed by atoms with Crippen molar-refractivity contribution < 1.29 is 27.4 Å². The van der Waals surface area contributed by atoms with Crippen LogP contribution in [0.2, 0.25) is 0 Å². The predicted molar refractivity (Wildman–Crippen MR) is 138 cm³/mol. The molecule has 0 aromatic heterocycles. The molecule has 0 unspecified atom stereocenters. The number of hydrogen-bond donors (Lipinski definition) is 1. The Hall–Kier alpha value is -4.31. The Morgan fingerprint density at radius 1 is 1.00 bits per heavy atom. The van der Waals surface area contributed by atoms with Gasteiger partial charge in [-0.2, -0.15) is 5.10 Å². The zero-order valence-electron chi connectivity index (χ0n) is 20.0. The van der Waals surface area contributed by atoms with Crippen molar-refractivity contribution in [3.63, 3.8) is 0 Å². The largest absolute Gasteiger partial charge is 0.497 e. The van der Waals surface area contributed by atoms with Gasteiger partial charge in [0.15, 0.2) is 0 Å². The maximum atomic E-state index is 13.5. The average molecular weight is 510 g/mol. The smallest absolute Gasteiger partial charge is 0.264 e. The third-order valence-corrected chi connectivity index (χ3v) is 6.68. The number of rotatable bonds is 12. The number of hydrazone groups is 1. The number of ether oxygens (including phenoxy) is 3. The van der Waals surface area contributed by atoms with Crippen molar-refractivity contribution in [2.75, 3.05) is 31.7 Å². The molecule has 0 fully saturated rings. The molecule has 188 valence electrons. The van der Waals surface area contributed by atoms with Crippen LogP contribution < -0.4 is 23.9 Å². The van der Waals surface area contributed by atoms with Crippen molar-refractivity contribution in [3.05, 3.63) is 91.0 Å². The van der Waals surface area contributed by atoms with E-state index in [1.165, 1.54) is 38.6 Å². The first kappa shape index (κ1) is 26.3. The number of methoxy groups -OCH3 is 2. The topological polar surface area (TPSA) is 107 Å². The van der Waals surface area contributed by atoms with Crippen LogP contribution in [0.1, 0.15) is 5.56 Å². The van der Waals surface area contributed by atoms with Gasteiger partial charge in [0.2, 0.25) is 0 Å². The highest BCUT2D eigenvalue weighted by Crippen LogP contribution is 2.35. The zero-order valence-corrected chi connectivity index (χ0v) is 20.8. The maximum absolute atomic E-state index is 13.5. The Kier molecular flexibility index (Phi) is 9.07. The summed E-state index contributed by atoms with van der Waals surface area (Å²) in [5.74, 6) is 0.615. The van der Waals surface area contributed by atoms with E-state index in [0.29, 0.717) is 23.7 Å². The lowest BCUT2D eigenvalue weighted by Crippen LogP contribution is -2.39. The minimum Gasteiger partial charge on any atom is -0.497 e. The van der Waals surface area contributed by atoms with Crippen LogP contribution in [-0.4, -0.2) is 47.9 Å². The van der Waals surface area contributed by atoms with E-state index >= 15 is 0 Å². The Morgan fingerprint density at radius 2 is 1.78 bits per heavy atom. The molecule has 3 rings (SSSR count). The highest BCUT2D eigenvalue weighted by molar-refractivity contribution is 7.92. The summed E-state index contributed by atoms with van der Waals surface area (Å²) in [6.07, 6.45) is 3.06. The number of amides is 1. The van der Waals surface area contributed by atoms with E-state index in [9.17, 15) is 13.2 Å². The minimum absolute atomic E-state index is 0.0162. The van der Waals surface area contributed by atoms with Gasteiger partial charge >= 0.3 is 0 Å². The van der Waals surface area contributed by atoms with Crippen LogP contribution in [0, 0.1) is 0 Å². The molecule has 10 heteroatoms. The molecule has 3 aromatic rings. The number of anilines is 1. The van der Waals surface area contributed by atoms with Crippen molar-refractivity contribution in [3.8, 4) is 17.2 Å². The predicted octanol–water partition coefficient (Wildman–Crippen LogP) is 3.61. The quantitative estimate of drug-likeness (QED) is 0.227. The Bertz CT molecular complexity index is 1330. The van der Waals surface area contributed by atoms with Gasteiger partial charge < -0.3 is 14.2 Å². The summed E-state index contributed by atoms with van der Waals surface area (Å²) in [5, 5.41) is 3.96. The van der Waals surface area contributed by atoms with Gasteiger partial charge in [0.1, 0.15) is 30.4 Å². The molecule has 1 amide bonds. The Labute approximate surface area is 210 Å². The number of carbonyl (C=O) groups excluding carboxylic acids is 1. The molecule has 0 radical (unpaired) electrons. The molecule has 0 spiro atoms. The lowest BCUT2D eigenvalue weighted by atomic mass is 10.2. The summed E-state index contributed by atoms with van der Waals surface area (Å²) < 4.78 is 44.2. The summed E-state index contributed by atoms with van der Waals surface area (Å²) in [4.78, 5) is 12.8. The fourth-order valence-corrected chi connectivity index (χ4v) is 4.64. The first-order valence-electron chi connectivity index (χ1n) is 10.8. The second-order valence-corrected chi connectivity index (χ2v) is 9.19. The molecule has 1 N–H and O–H groups in total. The number of benzene rings is 3. The van der Waals surface area contributed by atoms with Crippen molar-refractivity contribution in [1.82, 2.24) is 5.43 Å². The number of carbonyl (C=O) groups is 1. The normalized spacial score (nSPS) is 11.1. The molecule has 3 aromatic carbocycles. The summed E-state index contributed by atoms with van der Waals surface area (Å²) in [7, 11) is -1.27. The molecular formula is C26H27N3O6S. The summed E-state index contributed by atoms with van der Waals surface area (Å²) in [6, 6.07) is 19.6. The van der Waals surface area contributed by atoms with E-state index in [1.807, 2.05) is 0 Å². The molecule has 0 saturated heterocycles. The highest BCUT2D eigenvalue weighted by atomic mass is 32.2. The van der Waals surface area contributed by atoms with Gasteiger partial charge in [-0.1, -0.05) is 43.0 Å². The zero-order chi connectivity index (χ0) is 26.0. The molecular weight excluding hydrogens is 482 g/mol. The Morgan fingerprint density at radius 3 is 2.47 bits per heavy atom. The van der Waals surface area contributed by atoms with Crippen molar-refractivity contribution in [2.45, 2.75) is 4.90 Å². The standard InChI is InChI=1S/C26H27N3O6S/c1-4-15-35-22-10-8-9-20(16-22)18-27-28-26(30)19-29(36(31,32)23-11-6-5-7-12-23)24-17-21(33-2)13-14-25(24)34-3/h4-14,16-18H,1,15,19H2,2-3H3,(H,28,30)/b27-18-. The van der Waals surface area contributed by atoms with E-state index in [4.69, 9.17) is 14.2 Å². The van der Waals surface area contributed by atoms with E-state index in [0.717, 1.165) is 4.31 Å². The van der Waals surface area contributed by atoms with Gasteiger partial charge in [-0.3, -0.25) is 9.10 Å². The molecule has 0 aliphatic heterocycles. The van der Waals surface area contributed by atoms with Crippen LogP contribution in [0.3, 0.4) is 0 Å². The van der Waals surface area contributed by atoms with Crippen LogP contribution in [0.4, 0.5) is 5.69 Å². The van der Waals surface area contributed by atoms with Gasteiger partial charge in [-0.15, -0.1) is 0 Å². The van der Waals surface area contributed by atoms with Gasteiger partial charge in [-0.25, -0.2) is 13.8 Å². The molecule has 36 heavy (non-hydrogen) atoms. The van der Waals surface area contributed by atoms with Crippen LogP contribution in [0.5, 0.6) is 17.2 Å². The van der Waals surface area contributed by atoms with Gasteiger partial charge in [-0.05, 0) is 42.0 Å². The van der Waals surface area contributed by atoms with Crippen LogP contribution in [-0.2, 0) is 14.8 Å². The SMILES string of the molecule is C=CCOc1cccc(/C=N\NC(=O)CN(c2cc(OC)ccc2OC)S(=O)(=O)c2ccccc2)c1. The van der Waals surface area contributed by atoms with Crippen LogP contribution in [0.15, 0.2) is 95.4 Å². The average Bonchev–Trinajstić information content (AvgIpc) is 2.90. The third kappa shape index (κ3) is 6.63. The summed E-state index contributed by atoms with van der Waals surface area (Å²) >= 11 is 0. The first-order valence-corrected chi connectivity index (χ1v) is 12.3. The first-order chi connectivity index (χ1) is 17.4. The van der Waals surface area contributed by atoms with Crippen molar-refractivity contribution in [2.24, 2.45) is 5.10 Å². The fourth-order valence-electron chi connectivity index (χ4n) is 3.20. The maximum Gasteiger partial charge on any atom is 0.264 e. The molecule has 0 aliphatic rings. The second-order valence-electron chi connectivity index (χ2n) is 7.33. The highest BCUT2D eigenvalue weighted by Gasteiger charge is 2.29. The van der Waals surface area contributed by atoms with E-state index in [1.54, 1.807) is 60.7 Å². The third-order valence-electron chi connectivity index (χ3n) is 4.90. The monoisotopic (exact) mass is 509 g/mol. The Balaban J connectivity index is 1.87. The van der Waals surface area contributed by atoms with Crippen molar-refractivity contribution in [1.29, 1.82) is 0 Å². The van der Waals surface area contributed by atoms with Crippen LogP contribution >= 0.6 is 0 Å². The van der Waals surface area contributed by atoms with Gasteiger partial charge in [0.25, 0.3) is 15.9 Å². The molecule has 0 aliphatic carbocycles. The molecule has 0 bridgehead atoms. The number of sulfonamides is 1. The molecule has 0 heterocycles. The number of nitrogens with zero attached hydrogens (tertiary/aromatic N) is 2. The van der Waals surface area contributed by atoms with E-state index in [2.05, 4.69) is 17.1 Å². The number of hydrogen-bond acceptors (Lipinski definition) is 7. The lowest BCUT2D eigenvalue weighted by molar-refractivity contribution is -0.119. The summed E-state index contributed by atoms with van der Waals surface area (Å²) in [6.45, 7) is 3.41. The van der Waals surface area contributed by atoms with Gasteiger partial charge in [0.05, 0.1) is 31.0 Å². The molecule has 0 atom stereocenters. The summed E-state index contributed by atoms with van der Waals surface area (Å²) in [5.41, 5.74) is 3.20. The van der Waals surface area contributed by atoms with Crippen LogP contribution in [0.25, 0.3) is 0 Å². The molecule has 9 nitrogen and oxygen atoms in total. The van der Waals surface area contributed by atoms with E-state index in [-0.39, 0.29) is 16.3 Å². The fraction of sp³-hybridized carbons (Fsp3) is 0.154. The number of nitrogens with one attached hydrogen (secondary N) is 1. The lowest BCUT2D eigenvalue weighted by Gasteiger charge is -2.25.